The van der Waals surface area contributed by atoms with E-state index in [4.69, 9.17) is 10.2 Å². The van der Waals surface area contributed by atoms with Gasteiger partial charge in [-0.3, -0.25) is 4.79 Å². The highest BCUT2D eigenvalue weighted by molar-refractivity contribution is 9.10. The molecule has 116 valence electrons. The van der Waals surface area contributed by atoms with Crippen LogP contribution in [0.5, 0.6) is 0 Å². The van der Waals surface area contributed by atoms with Crippen molar-refractivity contribution in [3.8, 4) is 0 Å². The molecular formula is C12H11BrF3NO4. The van der Waals surface area contributed by atoms with E-state index in [1.165, 1.54) is 6.07 Å². The lowest BCUT2D eigenvalue weighted by molar-refractivity contribution is -0.139. The summed E-state index contributed by atoms with van der Waals surface area (Å²) >= 11 is 2.88. The highest BCUT2D eigenvalue weighted by Gasteiger charge is 2.36. The number of amides is 1. The van der Waals surface area contributed by atoms with E-state index in [1.807, 2.05) is 5.32 Å². The number of halogens is 4. The third kappa shape index (κ3) is 4.71. The Morgan fingerprint density at radius 3 is 2.43 bits per heavy atom. The van der Waals surface area contributed by atoms with E-state index >= 15 is 0 Å². The Labute approximate surface area is 125 Å². The van der Waals surface area contributed by atoms with Crippen molar-refractivity contribution in [2.24, 2.45) is 0 Å². The molecule has 1 unspecified atom stereocenters. The molecule has 0 aliphatic rings. The maximum Gasteiger partial charge on any atom is 0.417 e. The minimum absolute atomic E-state index is 0.136. The molecule has 5 nitrogen and oxygen atoms in total. The number of aliphatic hydroxyl groups excluding tert-OH is 1. The molecule has 1 atom stereocenters. The van der Waals surface area contributed by atoms with Crippen LogP contribution in [0.2, 0.25) is 0 Å². The quantitative estimate of drug-likeness (QED) is 0.741. The number of carboxylic acid groups (broad SMARTS) is 1. The molecule has 9 heteroatoms. The van der Waals surface area contributed by atoms with E-state index in [2.05, 4.69) is 15.9 Å². The zero-order valence-corrected chi connectivity index (χ0v) is 12.0. The van der Waals surface area contributed by atoms with Crippen molar-refractivity contribution in [1.29, 1.82) is 0 Å². The van der Waals surface area contributed by atoms with Gasteiger partial charge in [-0.1, -0.05) is 15.9 Å². The number of carbonyl (C=O) groups is 2. The summed E-state index contributed by atoms with van der Waals surface area (Å²) in [6.07, 6.45) is -5.06. The molecule has 1 aromatic carbocycles. The predicted octanol–water partition coefficient (Wildman–Crippen LogP) is 2.03. The first kappa shape index (κ1) is 17.4. The lowest BCUT2D eigenvalue weighted by Crippen LogP contribution is -2.42. The number of hydrogen-bond acceptors (Lipinski definition) is 3. The first-order valence-electron chi connectivity index (χ1n) is 5.68. The molecule has 0 aliphatic carbocycles. The van der Waals surface area contributed by atoms with E-state index in [9.17, 15) is 22.8 Å². The van der Waals surface area contributed by atoms with Crippen molar-refractivity contribution in [3.63, 3.8) is 0 Å². The molecule has 1 amide bonds. The van der Waals surface area contributed by atoms with Crippen molar-refractivity contribution < 1.29 is 33.0 Å². The zero-order chi connectivity index (χ0) is 16.2. The molecule has 0 heterocycles. The van der Waals surface area contributed by atoms with Crippen LogP contribution in [0.15, 0.2) is 22.7 Å². The van der Waals surface area contributed by atoms with Crippen LogP contribution in [-0.4, -0.2) is 34.7 Å². The van der Waals surface area contributed by atoms with Gasteiger partial charge in [0, 0.05) is 17.5 Å². The molecule has 3 N–H and O–H groups in total. The molecule has 0 bridgehead atoms. The number of hydrogen-bond donors (Lipinski definition) is 3. The van der Waals surface area contributed by atoms with Gasteiger partial charge in [0.2, 0.25) is 0 Å². The van der Waals surface area contributed by atoms with E-state index < -0.39 is 41.8 Å². The Morgan fingerprint density at radius 2 is 1.95 bits per heavy atom. The van der Waals surface area contributed by atoms with Gasteiger partial charge in [-0.15, -0.1) is 0 Å². The van der Waals surface area contributed by atoms with Gasteiger partial charge in [0.05, 0.1) is 11.1 Å². The Balaban J connectivity index is 3.10. The second kappa shape index (κ2) is 6.90. The van der Waals surface area contributed by atoms with Gasteiger partial charge in [0.15, 0.2) is 0 Å². The summed E-state index contributed by atoms with van der Waals surface area (Å²) in [6, 6.07) is 1.45. The first-order chi connectivity index (χ1) is 9.66. The number of aliphatic carboxylic acids is 1. The van der Waals surface area contributed by atoms with Gasteiger partial charge < -0.3 is 15.5 Å². The molecule has 1 rings (SSSR count). The minimum Gasteiger partial charge on any atom is -0.480 e. The van der Waals surface area contributed by atoms with Gasteiger partial charge in [0.25, 0.3) is 5.91 Å². The van der Waals surface area contributed by atoms with Crippen molar-refractivity contribution in [1.82, 2.24) is 5.32 Å². The average molecular weight is 370 g/mol. The average Bonchev–Trinajstić information content (AvgIpc) is 2.36. The van der Waals surface area contributed by atoms with E-state index in [-0.39, 0.29) is 10.9 Å². The summed E-state index contributed by atoms with van der Waals surface area (Å²) in [4.78, 5) is 22.7. The van der Waals surface area contributed by atoms with Gasteiger partial charge in [-0.2, -0.15) is 13.2 Å². The largest absolute Gasteiger partial charge is 0.480 e. The molecule has 0 radical (unpaired) electrons. The number of rotatable bonds is 5. The van der Waals surface area contributed by atoms with Crippen LogP contribution in [0.25, 0.3) is 0 Å². The summed E-state index contributed by atoms with van der Waals surface area (Å²) in [6.45, 7) is -0.524. The van der Waals surface area contributed by atoms with Crippen molar-refractivity contribution in [3.05, 3.63) is 33.8 Å². The maximum atomic E-state index is 12.9. The molecule has 0 saturated carbocycles. The third-order valence-electron chi connectivity index (χ3n) is 2.55. The van der Waals surface area contributed by atoms with E-state index in [0.717, 1.165) is 12.1 Å². The Morgan fingerprint density at radius 1 is 1.33 bits per heavy atom. The fourth-order valence-corrected chi connectivity index (χ4v) is 1.93. The van der Waals surface area contributed by atoms with Crippen LogP contribution in [0.4, 0.5) is 13.2 Å². The predicted molar refractivity (Wildman–Crippen MR) is 69.7 cm³/mol. The molecule has 0 saturated heterocycles. The minimum atomic E-state index is -4.76. The van der Waals surface area contributed by atoms with Gasteiger partial charge in [-0.25, -0.2) is 4.79 Å². The summed E-state index contributed by atoms with van der Waals surface area (Å²) in [5.74, 6) is -2.61. The number of alkyl halides is 3. The van der Waals surface area contributed by atoms with Gasteiger partial charge >= 0.3 is 12.1 Å². The molecule has 1 aromatic rings. The highest BCUT2D eigenvalue weighted by Crippen LogP contribution is 2.33. The molecule has 0 fully saturated rings. The highest BCUT2D eigenvalue weighted by atomic mass is 79.9. The molecule has 0 spiro atoms. The SMILES string of the molecule is O=C(NC(CCO)C(=O)O)c1ccc(Br)cc1C(F)(F)F. The van der Waals surface area contributed by atoms with Crippen molar-refractivity contribution in [2.45, 2.75) is 18.6 Å². The van der Waals surface area contributed by atoms with Gasteiger partial charge in [0.1, 0.15) is 6.04 Å². The first-order valence-corrected chi connectivity index (χ1v) is 6.47. The van der Waals surface area contributed by atoms with Crippen LogP contribution in [0, 0.1) is 0 Å². The van der Waals surface area contributed by atoms with Gasteiger partial charge in [-0.05, 0) is 18.2 Å². The van der Waals surface area contributed by atoms with Crippen LogP contribution in [-0.2, 0) is 11.0 Å². The fraction of sp³-hybridized carbons (Fsp3) is 0.333. The number of nitrogens with one attached hydrogen (secondary N) is 1. The zero-order valence-electron chi connectivity index (χ0n) is 10.4. The second-order valence-electron chi connectivity index (χ2n) is 4.06. The smallest absolute Gasteiger partial charge is 0.417 e. The molecule has 21 heavy (non-hydrogen) atoms. The Hall–Kier alpha value is -1.61. The van der Waals surface area contributed by atoms with Crippen LogP contribution in [0.1, 0.15) is 22.3 Å². The maximum absolute atomic E-state index is 12.9. The lowest BCUT2D eigenvalue weighted by Gasteiger charge is -2.16. The number of benzene rings is 1. The normalized spacial score (nSPS) is 12.8. The summed E-state index contributed by atoms with van der Waals surface area (Å²) in [5, 5.41) is 19.5. The van der Waals surface area contributed by atoms with E-state index in [0.29, 0.717) is 0 Å². The van der Waals surface area contributed by atoms with Crippen molar-refractivity contribution >= 4 is 27.8 Å². The summed E-state index contributed by atoms with van der Waals surface area (Å²) < 4.78 is 38.8. The topological polar surface area (TPSA) is 86.6 Å². The number of aliphatic hydroxyl groups is 1. The van der Waals surface area contributed by atoms with E-state index in [1.54, 1.807) is 0 Å². The van der Waals surface area contributed by atoms with Crippen LogP contribution >= 0.6 is 15.9 Å². The number of carboxylic acids is 1. The van der Waals surface area contributed by atoms with Crippen molar-refractivity contribution in [2.75, 3.05) is 6.61 Å². The third-order valence-corrected chi connectivity index (χ3v) is 3.05. The second-order valence-corrected chi connectivity index (χ2v) is 4.98. The Kier molecular flexibility index (Phi) is 5.73. The standard InChI is InChI=1S/C12H11BrF3NO4/c13-6-1-2-7(8(5-6)12(14,15)16)10(19)17-9(3-4-18)11(20)21/h1-2,5,9,18H,3-4H2,(H,17,19)(H,20,21). The Bertz CT molecular complexity index is 548. The molecule has 0 aromatic heterocycles. The number of carbonyl (C=O) groups excluding carboxylic acids is 1. The molecule has 0 aliphatic heterocycles. The monoisotopic (exact) mass is 369 g/mol. The molecular weight excluding hydrogens is 359 g/mol. The summed E-state index contributed by atoms with van der Waals surface area (Å²) in [7, 11) is 0. The summed E-state index contributed by atoms with van der Waals surface area (Å²) in [5.41, 5.74) is -1.86. The van der Waals surface area contributed by atoms with Crippen LogP contribution in [0.3, 0.4) is 0 Å². The fourth-order valence-electron chi connectivity index (χ4n) is 1.57. The lowest BCUT2D eigenvalue weighted by atomic mass is 10.1. The van der Waals surface area contributed by atoms with Crippen LogP contribution < -0.4 is 5.32 Å².